The summed E-state index contributed by atoms with van der Waals surface area (Å²) in [5, 5.41) is 2.98. The van der Waals surface area contributed by atoms with E-state index in [0.717, 1.165) is 42.4 Å². The molecule has 162 valence electrons. The first-order valence-corrected chi connectivity index (χ1v) is 10.8. The van der Waals surface area contributed by atoms with Gasteiger partial charge in [0.1, 0.15) is 5.82 Å². The average molecular weight is 423 g/mol. The van der Waals surface area contributed by atoms with Crippen molar-refractivity contribution in [3.63, 3.8) is 0 Å². The largest absolute Gasteiger partial charge is 0.475 e. The molecule has 6 nitrogen and oxygen atoms in total. The number of hydrogen-bond donors (Lipinski definition) is 1. The molecule has 0 spiro atoms. The Morgan fingerprint density at radius 1 is 1.16 bits per heavy atom. The van der Waals surface area contributed by atoms with E-state index in [1.54, 1.807) is 12.1 Å². The highest BCUT2D eigenvalue weighted by molar-refractivity contribution is 5.80. The van der Waals surface area contributed by atoms with E-state index in [1.807, 2.05) is 24.3 Å². The molecule has 2 heterocycles. The number of hydrogen-bond acceptors (Lipinski definition) is 5. The predicted octanol–water partition coefficient (Wildman–Crippen LogP) is 4.09. The molecule has 1 aromatic heterocycles. The van der Waals surface area contributed by atoms with E-state index in [1.165, 1.54) is 12.1 Å². The minimum Gasteiger partial charge on any atom is -0.475 e. The lowest BCUT2D eigenvalue weighted by Crippen LogP contribution is -2.43. The molecule has 4 rings (SSSR count). The molecule has 1 aliphatic heterocycles. The summed E-state index contributed by atoms with van der Waals surface area (Å²) < 4.78 is 19.0. The van der Waals surface area contributed by atoms with Crippen LogP contribution in [0.4, 0.5) is 10.2 Å². The second-order valence-electron chi connectivity index (χ2n) is 7.82. The Hall–Kier alpha value is -3.22. The zero-order valence-corrected chi connectivity index (χ0v) is 17.7. The van der Waals surface area contributed by atoms with Gasteiger partial charge in [-0.25, -0.2) is 14.4 Å². The highest BCUT2D eigenvalue weighted by Crippen LogP contribution is 2.30. The molecule has 1 fully saturated rings. The molecule has 0 saturated carbocycles. The quantitative estimate of drug-likeness (QED) is 0.621. The van der Waals surface area contributed by atoms with Crippen molar-refractivity contribution in [2.75, 3.05) is 24.6 Å². The number of amides is 1. The van der Waals surface area contributed by atoms with Crippen molar-refractivity contribution in [1.82, 2.24) is 15.3 Å². The van der Waals surface area contributed by atoms with Gasteiger partial charge in [-0.1, -0.05) is 31.2 Å². The molecule has 1 atom stereocenters. The van der Waals surface area contributed by atoms with Gasteiger partial charge >= 0.3 is 0 Å². The number of nitrogens with zero attached hydrogens (tertiary/aromatic N) is 3. The minimum atomic E-state index is -0.282. The Bertz CT molecular complexity index is 1040. The van der Waals surface area contributed by atoms with Gasteiger partial charge in [-0.2, -0.15) is 0 Å². The van der Waals surface area contributed by atoms with Crippen molar-refractivity contribution in [1.29, 1.82) is 0 Å². The van der Waals surface area contributed by atoms with Crippen molar-refractivity contribution in [3.8, 4) is 5.88 Å². The van der Waals surface area contributed by atoms with E-state index in [4.69, 9.17) is 9.72 Å². The third-order valence-corrected chi connectivity index (χ3v) is 5.44. The third kappa shape index (κ3) is 5.10. The van der Waals surface area contributed by atoms with Gasteiger partial charge in [-0.05, 0) is 49.1 Å². The molecule has 3 aromatic rings. The second-order valence-corrected chi connectivity index (χ2v) is 7.82. The van der Waals surface area contributed by atoms with Crippen LogP contribution in [0.1, 0.15) is 31.7 Å². The van der Waals surface area contributed by atoms with Crippen molar-refractivity contribution < 1.29 is 13.9 Å². The molecule has 0 bridgehead atoms. The van der Waals surface area contributed by atoms with Crippen LogP contribution in [-0.4, -0.2) is 35.6 Å². The van der Waals surface area contributed by atoms with Crippen LogP contribution in [0, 0.1) is 11.7 Å². The molecule has 31 heavy (non-hydrogen) atoms. The molecule has 2 aromatic carbocycles. The molecular formula is C24H27FN4O2. The van der Waals surface area contributed by atoms with E-state index >= 15 is 0 Å². The fourth-order valence-electron chi connectivity index (χ4n) is 3.80. The molecule has 1 unspecified atom stereocenters. The SMILES string of the molecule is CCCOc1nc2ccccc2nc1N1CCCC(C(=O)NCc2ccc(F)cc2)C1. The first kappa shape index (κ1) is 21.0. The molecule has 1 aliphatic rings. The average Bonchev–Trinajstić information content (AvgIpc) is 2.81. The van der Waals surface area contributed by atoms with Crippen molar-refractivity contribution in [3.05, 3.63) is 59.9 Å². The highest BCUT2D eigenvalue weighted by Gasteiger charge is 2.28. The van der Waals surface area contributed by atoms with Crippen LogP contribution in [0.5, 0.6) is 5.88 Å². The number of anilines is 1. The standard InChI is InChI=1S/C24H27FN4O2/c1-2-14-31-24-22(27-20-7-3-4-8-21(20)28-24)29-13-5-6-18(16-29)23(30)26-15-17-9-11-19(25)12-10-17/h3-4,7-12,18H,2,5-6,13-16H2,1H3,(H,26,30). The van der Waals surface area contributed by atoms with E-state index in [2.05, 4.69) is 22.1 Å². The van der Waals surface area contributed by atoms with Gasteiger partial charge in [0, 0.05) is 19.6 Å². The topological polar surface area (TPSA) is 67.4 Å². The zero-order valence-electron chi connectivity index (χ0n) is 17.7. The molecule has 7 heteroatoms. The first-order valence-electron chi connectivity index (χ1n) is 10.8. The van der Waals surface area contributed by atoms with Crippen LogP contribution in [0.2, 0.25) is 0 Å². The Morgan fingerprint density at radius 3 is 2.65 bits per heavy atom. The number of para-hydroxylation sites is 2. The maximum Gasteiger partial charge on any atom is 0.258 e. The summed E-state index contributed by atoms with van der Waals surface area (Å²) >= 11 is 0. The zero-order chi connectivity index (χ0) is 21.6. The lowest BCUT2D eigenvalue weighted by atomic mass is 9.97. The summed E-state index contributed by atoms with van der Waals surface area (Å²) in [7, 11) is 0. The lowest BCUT2D eigenvalue weighted by molar-refractivity contribution is -0.125. The second kappa shape index (κ2) is 9.73. The molecule has 1 saturated heterocycles. The highest BCUT2D eigenvalue weighted by atomic mass is 19.1. The lowest BCUT2D eigenvalue weighted by Gasteiger charge is -2.33. The summed E-state index contributed by atoms with van der Waals surface area (Å²) in [4.78, 5) is 24.4. The van der Waals surface area contributed by atoms with Crippen LogP contribution in [0.3, 0.4) is 0 Å². The summed E-state index contributed by atoms with van der Waals surface area (Å²) in [6.45, 7) is 4.37. The Kier molecular flexibility index (Phi) is 6.60. The van der Waals surface area contributed by atoms with E-state index in [-0.39, 0.29) is 17.6 Å². The van der Waals surface area contributed by atoms with Gasteiger partial charge in [0.15, 0.2) is 5.82 Å². The van der Waals surface area contributed by atoms with E-state index in [9.17, 15) is 9.18 Å². The fourth-order valence-corrected chi connectivity index (χ4v) is 3.80. The fraction of sp³-hybridized carbons (Fsp3) is 0.375. The number of carbonyl (C=O) groups is 1. The molecule has 1 amide bonds. The Labute approximate surface area is 181 Å². The predicted molar refractivity (Wildman–Crippen MR) is 119 cm³/mol. The Morgan fingerprint density at radius 2 is 1.90 bits per heavy atom. The number of rotatable bonds is 7. The maximum absolute atomic E-state index is 13.1. The number of ether oxygens (including phenoxy) is 1. The van der Waals surface area contributed by atoms with Crippen molar-refractivity contribution in [2.45, 2.75) is 32.7 Å². The van der Waals surface area contributed by atoms with E-state index < -0.39 is 0 Å². The molecule has 1 N–H and O–H groups in total. The van der Waals surface area contributed by atoms with Gasteiger partial charge in [0.2, 0.25) is 5.91 Å². The third-order valence-electron chi connectivity index (χ3n) is 5.44. The maximum atomic E-state index is 13.1. The van der Waals surface area contributed by atoms with Crippen LogP contribution in [0.25, 0.3) is 11.0 Å². The number of halogens is 1. The summed E-state index contributed by atoms with van der Waals surface area (Å²) in [5.74, 6) is 0.784. The number of benzene rings is 2. The van der Waals surface area contributed by atoms with Crippen LogP contribution >= 0.6 is 0 Å². The van der Waals surface area contributed by atoms with Gasteiger partial charge < -0.3 is 15.0 Å². The van der Waals surface area contributed by atoms with Crippen LogP contribution in [0.15, 0.2) is 48.5 Å². The smallest absolute Gasteiger partial charge is 0.258 e. The molecule has 0 radical (unpaired) electrons. The van der Waals surface area contributed by atoms with Crippen molar-refractivity contribution in [2.24, 2.45) is 5.92 Å². The molecule has 0 aliphatic carbocycles. The van der Waals surface area contributed by atoms with Crippen molar-refractivity contribution >= 4 is 22.8 Å². The number of fused-ring (bicyclic) bond motifs is 1. The molecular weight excluding hydrogens is 395 g/mol. The Balaban J connectivity index is 1.48. The van der Waals surface area contributed by atoms with Gasteiger partial charge in [0.05, 0.1) is 23.6 Å². The minimum absolute atomic E-state index is 0.00111. The monoisotopic (exact) mass is 422 g/mol. The first-order chi connectivity index (χ1) is 15.1. The van der Waals surface area contributed by atoms with E-state index in [0.29, 0.717) is 31.4 Å². The number of nitrogens with one attached hydrogen (secondary N) is 1. The summed E-state index contributed by atoms with van der Waals surface area (Å²) in [5.41, 5.74) is 2.48. The number of carbonyl (C=O) groups excluding carboxylic acids is 1. The number of piperidine rings is 1. The summed E-state index contributed by atoms with van der Waals surface area (Å²) in [6, 6.07) is 13.9. The van der Waals surface area contributed by atoms with Gasteiger partial charge in [0.25, 0.3) is 5.88 Å². The normalized spacial score (nSPS) is 16.3. The summed E-state index contributed by atoms with van der Waals surface area (Å²) in [6.07, 6.45) is 2.58. The van der Waals surface area contributed by atoms with Gasteiger partial charge in [-0.15, -0.1) is 0 Å². The van der Waals surface area contributed by atoms with Crippen LogP contribution < -0.4 is 15.0 Å². The van der Waals surface area contributed by atoms with Crippen LogP contribution in [-0.2, 0) is 11.3 Å². The van der Waals surface area contributed by atoms with Gasteiger partial charge in [-0.3, -0.25) is 4.79 Å². The number of aromatic nitrogens is 2.